The van der Waals surface area contributed by atoms with Crippen LogP contribution >= 0.6 is 0 Å². The van der Waals surface area contributed by atoms with E-state index >= 15 is 0 Å². The summed E-state index contributed by atoms with van der Waals surface area (Å²) in [6, 6.07) is 10.8. The molecule has 0 aromatic heterocycles. The van der Waals surface area contributed by atoms with E-state index in [9.17, 15) is 5.11 Å². The summed E-state index contributed by atoms with van der Waals surface area (Å²) in [6.07, 6.45) is 0.871. The lowest BCUT2D eigenvalue weighted by Crippen LogP contribution is -2.45. The Morgan fingerprint density at radius 1 is 1.44 bits per heavy atom. The Morgan fingerprint density at radius 2 is 2.12 bits per heavy atom. The average molecular weight is 220 g/mol. The summed E-state index contributed by atoms with van der Waals surface area (Å²) in [5.41, 5.74) is 6.99. The molecule has 1 fully saturated rings. The van der Waals surface area contributed by atoms with Gasteiger partial charge in [-0.05, 0) is 18.9 Å². The lowest BCUT2D eigenvalue weighted by atomic mass is 9.99. The maximum absolute atomic E-state index is 9.28. The normalized spacial score (nSPS) is 30.8. The molecule has 1 saturated heterocycles. The van der Waals surface area contributed by atoms with Crippen molar-refractivity contribution in [2.45, 2.75) is 31.5 Å². The molecule has 3 N–H and O–H groups in total. The van der Waals surface area contributed by atoms with Crippen LogP contribution in [0.15, 0.2) is 30.3 Å². The van der Waals surface area contributed by atoms with Crippen LogP contribution in [0.25, 0.3) is 0 Å². The van der Waals surface area contributed by atoms with Gasteiger partial charge < -0.3 is 10.8 Å². The molecule has 0 radical (unpaired) electrons. The van der Waals surface area contributed by atoms with Gasteiger partial charge in [-0.25, -0.2) is 0 Å². The summed E-state index contributed by atoms with van der Waals surface area (Å²) in [5, 5.41) is 9.28. The number of aliphatic hydroxyl groups is 1. The third kappa shape index (κ3) is 2.43. The van der Waals surface area contributed by atoms with Gasteiger partial charge in [0.25, 0.3) is 0 Å². The molecule has 1 aliphatic heterocycles. The van der Waals surface area contributed by atoms with E-state index in [1.165, 1.54) is 5.56 Å². The molecule has 2 unspecified atom stereocenters. The Hall–Kier alpha value is -0.900. The van der Waals surface area contributed by atoms with Gasteiger partial charge >= 0.3 is 0 Å². The van der Waals surface area contributed by atoms with Gasteiger partial charge in [0.1, 0.15) is 0 Å². The van der Waals surface area contributed by atoms with E-state index in [1.807, 2.05) is 6.07 Å². The molecule has 0 spiro atoms. The summed E-state index contributed by atoms with van der Waals surface area (Å²) in [7, 11) is 0. The first-order chi connectivity index (χ1) is 7.63. The number of hydrogen-bond acceptors (Lipinski definition) is 3. The largest absolute Gasteiger partial charge is 0.394 e. The van der Waals surface area contributed by atoms with Crippen molar-refractivity contribution in [3.8, 4) is 0 Å². The lowest BCUT2D eigenvalue weighted by molar-refractivity contribution is 0.189. The van der Waals surface area contributed by atoms with E-state index in [1.54, 1.807) is 0 Å². The summed E-state index contributed by atoms with van der Waals surface area (Å²) >= 11 is 0. The summed E-state index contributed by atoms with van der Waals surface area (Å²) in [6.45, 7) is 3.94. The standard InChI is InChI=1S/C13H20N2O/c1-11-7-13(14,10-16)9-15(11)8-12-5-3-2-4-6-12/h2-6,11,16H,7-10,14H2,1H3. The molecule has 0 amide bonds. The van der Waals surface area contributed by atoms with Gasteiger partial charge in [-0.1, -0.05) is 30.3 Å². The molecule has 0 aliphatic carbocycles. The monoisotopic (exact) mass is 220 g/mol. The maximum atomic E-state index is 9.28. The van der Waals surface area contributed by atoms with E-state index in [0.29, 0.717) is 6.04 Å². The zero-order chi connectivity index (χ0) is 11.6. The molecule has 0 saturated carbocycles. The fourth-order valence-electron chi connectivity index (χ4n) is 2.49. The number of benzene rings is 1. The topological polar surface area (TPSA) is 49.5 Å². The Labute approximate surface area is 96.9 Å². The van der Waals surface area contributed by atoms with Gasteiger partial charge in [-0.3, -0.25) is 4.90 Å². The Kier molecular flexibility index (Phi) is 3.28. The number of nitrogens with two attached hydrogens (primary N) is 1. The molecule has 88 valence electrons. The van der Waals surface area contributed by atoms with Crippen LogP contribution in [0.4, 0.5) is 0 Å². The van der Waals surface area contributed by atoms with Gasteiger partial charge in [0.05, 0.1) is 12.1 Å². The van der Waals surface area contributed by atoms with Gasteiger partial charge in [0.2, 0.25) is 0 Å². The number of hydrogen-bond donors (Lipinski definition) is 2. The van der Waals surface area contributed by atoms with E-state index in [0.717, 1.165) is 19.5 Å². The van der Waals surface area contributed by atoms with Crippen LogP contribution in [0.2, 0.25) is 0 Å². The highest BCUT2D eigenvalue weighted by atomic mass is 16.3. The molecule has 1 aromatic rings. The fourth-order valence-corrected chi connectivity index (χ4v) is 2.49. The molecule has 2 atom stereocenters. The molecule has 3 heteroatoms. The van der Waals surface area contributed by atoms with Crippen molar-refractivity contribution in [2.24, 2.45) is 5.73 Å². The van der Waals surface area contributed by atoms with Gasteiger partial charge in [-0.15, -0.1) is 0 Å². The lowest BCUT2D eigenvalue weighted by Gasteiger charge is -2.22. The Morgan fingerprint density at radius 3 is 2.69 bits per heavy atom. The Balaban J connectivity index is 2.02. The number of rotatable bonds is 3. The van der Waals surface area contributed by atoms with Crippen molar-refractivity contribution in [3.05, 3.63) is 35.9 Å². The van der Waals surface area contributed by atoms with Crippen LogP contribution in [-0.2, 0) is 6.54 Å². The summed E-state index contributed by atoms with van der Waals surface area (Å²) in [4.78, 5) is 2.34. The minimum absolute atomic E-state index is 0.0721. The highest BCUT2D eigenvalue weighted by molar-refractivity contribution is 5.15. The molecule has 3 nitrogen and oxygen atoms in total. The number of aliphatic hydroxyl groups excluding tert-OH is 1. The second-order valence-corrected chi connectivity index (χ2v) is 4.96. The summed E-state index contributed by atoms with van der Waals surface area (Å²) < 4.78 is 0. The van der Waals surface area contributed by atoms with Crippen LogP contribution in [0.1, 0.15) is 18.9 Å². The smallest absolute Gasteiger partial charge is 0.0624 e. The third-order valence-corrected chi connectivity index (χ3v) is 3.39. The van der Waals surface area contributed by atoms with Crippen LogP contribution in [0.3, 0.4) is 0 Å². The second kappa shape index (κ2) is 4.53. The molecule has 1 heterocycles. The summed E-state index contributed by atoms with van der Waals surface area (Å²) in [5.74, 6) is 0. The van der Waals surface area contributed by atoms with Crippen LogP contribution in [0, 0.1) is 0 Å². The van der Waals surface area contributed by atoms with Crippen LogP contribution < -0.4 is 5.73 Å². The zero-order valence-corrected chi connectivity index (χ0v) is 9.76. The minimum atomic E-state index is -0.409. The van der Waals surface area contributed by atoms with Gasteiger partial charge in [0, 0.05) is 19.1 Å². The van der Waals surface area contributed by atoms with E-state index in [2.05, 4.69) is 36.1 Å². The number of likely N-dealkylation sites (tertiary alicyclic amines) is 1. The minimum Gasteiger partial charge on any atom is -0.394 e. The van der Waals surface area contributed by atoms with Crippen molar-refractivity contribution in [1.82, 2.24) is 4.90 Å². The zero-order valence-electron chi connectivity index (χ0n) is 9.76. The molecule has 0 bridgehead atoms. The first-order valence-corrected chi connectivity index (χ1v) is 5.81. The van der Waals surface area contributed by atoms with E-state index in [4.69, 9.17) is 5.73 Å². The second-order valence-electron chi connectivity index (χ2n) is 4.96. The van der Waals surface area contributed by atoms with Gasteiger partial charge in [0.15, 0.2) is 0 Å². The van der Waals surface area contributed by atoms with E-state index in [-0.39, 0.29) is 6.61 Å². The van der Waals surface area contributed by atoms with Crippen molar-refractivity contribution in [1.29, 1.82) is 0 Å². The molecule has 16 heavy (non-hydrogen) atoms. The molecule has 2 rings (SSSR count). The first-order valence-electron chi connectivity index (χ1n) is 5.81. The number of nitrogens with zero attached hydrogens (tertiary/aromatic N) is 1. The maximum Gasteiger partial charge on any atom is 0.0624 e. The highest BCUT2D eigenvalue weighted by Crippen LogP contribution is 2.26. The molecule has 1 aromatic carbocycles. The molecular weight excluding hydrogens is 200 g/mol. The van der Waals surface area contributed by atoms with Crippen molar-refractivity contribution < 1.29 is 5.11 Å². The molecular formula is C13H20N2O. The quantitative estimate of drug-likeness (QED) is 0.798. The average Bonchev–Trinajstić information content (AvgIpc) is 2.57. The first kappa shape index (κ1) is 11.6. The van der Waals surface area contributed by atoms with Crippen LogP contribution in [0.5, 0.6) is 0 Å². The third-order valence-electron chi connectivity index (χ3n) is 3.39. The predicted octanol–water partition coefficient (Wildman–Crippen LogP) is 0.971. The SMILES string of the molecule is CC1CC(N)(CO)CN1Cc1ccccc1. The Bertz CT molecular complexity index is 341. The fraction of sp³-hybridized carbons (Fsp3) is 0.538. The highest BCUT2D eigenvalue weighted by Gasteiger charge is 2.38. The van der Waals surface area contributed by atoms with Gasteiger partial charge in [-0.2, -0.15) is 0 Å². The van der Waals surface area contributed by atoms with Crippen molar-refractivity contribution in [2.75, 3.05) is 13.2 Å². The van der Waals surface area contributed by atoms with Crippen molar-refractivity contribution in [3.63, 3.8) is 0 Å². The van der Waals surface area contributed by atoms with Crippen LogP contribution in [-0.4, -0.2) is 34.7 Å². The molecule has 1 aliphatic rings. The van der Waals surface area contributed by atoms with E-state index < -0.39 is 5.54 Å². The predicted molar refractivity (Wildman–Crippen MR) is 64.9 cm³/mol. The van der Waals surface area contributed by atoms with Crippen molar-refractivity contribution >= 4 is 0 Å².